The molecule has 2 heterocycles. The Labute approximate surface area is 138 Å². The van der Waals surface area contributed by atoms with Gasteiger partial charge in [-0.05, 0) is 36.6 Å². The van der Waals surface area contributed by atoms with Crippen molar-refractivity contribution in [2.45, 2.75) is 25.3 Å². The van der Waals surface area contributed by atoms with Crippen LogP contribution in [0.2, 0.25) is 0 Å². The molecule has 2 nitrogen and oxygen atoms in total. The summed E-state index contributed by atoms with van der Waals surface area (Å²) in [6, 6.07) is 8.69. The highest BCUT2D eigenvalue weighted by Gasteiger charge is 2.29. The van der Waals surface area contributed by atoms with Gasteiger partial charge < -0.3 is 0 Å². The maximum absolute atomic E-state index is 4.94. The van der Waals surface area contributed by atoms with E-state index in [9.17, 15) is 0 Å². The SMILES string of the molecule is C=CC1=NC2C/C=C/C=C(C)\C(C=C)=N/CC2c2ccccc21. The molecule has 2 aliphatic heterocycles. The summed E-state index contributed by atoms with van der Waals surface area (Å²) in [5.74, 6) is 0.292. The lowest BCUT2D eigenvalue weighted by Gasteiger charge is -2.30. The Bertz CT molecular complexity index is 747. The van der Waals surface area contributed by atoms with Crippen LogP contribution >= 0.6 is 0 Å². The zero-order chi connectivity index (χ0) is 16.2. The third-order valence-corrected chi connectivity index (χ3v) is 4.51. The van der Waals surface area contributed by atoms with Gasteiger partial charge in [-0.25, -0.2) is 0 Å². The van der Waals surface area contributed by atoms with Crippen LogP contribution in [0.5, 0.6) is 0 Å². The molecule has 2 atom stereocenters. The fraction of sp³-hybridized carbons (Fsp3) is 0.238. The molecule has 2 heteroatoms. The number of aliphatic imine (C=N–C) groups is 2. The summed E-state index contributed by atoms with van der Waals surface area (Å²) >= 11 is 0. The van der Waals surface area contributed by atoms with Gasteiger partial charge in [-0.1, -0.05) is 55.7 Å². The lowest BCUT2D eigenvalue weighted by Crippen LogP contribution is -2.27. The van der Waals surface area contributed by atoms with Crippen LogP contribution in [0.1, 0.15) is 30.4 Å². The largest absolute Gasteiger partial charge is 0.284 e. The van der Waals surface area contributed by atoms with Crippen LogP contribution < -0.4 is 0 Å². The third kappa shape index (κ3) is 3.02. The van der Waals surface area contributed by atoms with Crippen LogP contribution in [-0.2, 0) is 0 Å². The maximum Gasteiger partial charge on any atom is 0.0647 e. The summed E-state index contributed by atoms with van der Waals surface area (Å²) in [6.07, 6.45) is 11.0. The van der Waals surface area contributed by atoms with Gasteiger partial charge in [-0.3, -0.25) is 9.98 Å². The Hall–Kier alpha value is -2.48. The molecule has 116 valence electrons. The second-order valence-corrected chi connectivity index (χ2v) is 5.92. The highest BCUT2D eigenvalue weighted by atomic mass is 14.9. The molecule has 0 fully saturated rings. The fourth-order valence-electron chi connectivity index (χ4n) is 3.26. The second kappa shape index (κ2) is 6.74. The van der Waals surface area contributed by atoms with E-state index < -0.39 is 0 Å². The lowest BCUT2D eigenvalue weighted by atomic mass is 9.82. The van der Waals surface area contributed by atoms with E-state index in [1.54, 1.807) is 0 Å². The Balaban J connectivity index is 2.09. The van der Waals surface area contributed by atoms with E-state index in [4.69, 9.17) is 9.98 Å². The number of hydrogen-bond acceptors (Lipinski definition) is 2. The molecule has 23 heavy (non-hydrogen) atoms. The smallest absolute Gasteiger partial charge is 0.0647 e. The van der Waals surface area contributed by atoms with Crippen molar-refractivity contribution in [2.75, 3.05) is 6.54 Å². The van der Waals surface area contributed by atoms with Gasteiger partial charge in [-0.2, -0.15) is 0 Å². The summed E-state index contributed by atoms with van der Waals surface area (Å²) < 4.78 is 0. The number of fused-ring (bicyclic) bond motifs is 3. The van der Waals surface area contributed by atoms with Gasteiger partial charge in [0, 0.05) is 18.0 Å². The molecule has 0 amide bonds. The standard InChI is InChI=1S/C21H22N2/c1-4-19-15(3)10-6-9-13-21-18(14-22-19)16-11-7-8-12-17(16)20(5-2)23-21/h4-12,18,21H,1-2,13-14H2,3H3/b9-6+,15-10-,22-19-. The van der Waals surface area contributed by atoms with Crippen molar-refractivity contribution in [3.05, 3.63) is 84.5 Å². The van der Waals surface area contributed by atoms with Crippen molar-refractivity contribution in [1.29, 1.82) is 0 Å². The van der Waals surface area contributed by atoms with Crippen molar-refractivity contribution >= 4 is 11.4 Å². The van der Waals surface area contributed by atoms with Crippen LogP contribution in [-0.4, -0.2) is 24.0 Å². The minimum Gasteiger partial charge on any atom is -0.284 e. The Morgan fingerprint density at radius 3 is 2.70 bits per heavy atom. The van der Waals surface area contributed by atoms with E-state index in [0.717, 1.165) is 30.0 Å². The summed E-state index contributed by atoms with van der Waals surface area (Å²) in [5, 5.41) is 0. The van der Waals surface area contributed by atoms with Gasteiger partial charge in [0.05, 0.1) is 17.5 Å². The summed E-state index contributed by atoms with van der Waals surface area (Å²) in [4.78, 5) is 9.76. The predicted octanol–water partition coefficient (Wildman–Crippen LogP) is 4.66. The summed E-state index contributed by atoms with van der Waals surface area (Å²) in [6.45, 7) is 10.6. The molecule has 2 unspecified atom stereocenters. The molecule has 0 N–H and O–H groups in total. The number of hydrogen-bond donors (Lipinski definition) is 0. The molecule has 3 rings (SSSR count). The number of benzene rings is 1. The first kappa shape index (κ1) is 15.4. The Kier molecular flexibility index (Phi) is 4.52. The monoisotopic (exact) mass is 302 g/mol. The summed E-state index contributed by atoms with van der Waals surface area (Å²) in [7, 11) is 0. The van der Waals surface area contributed by atoms with E-state index >= 15 is 0 Å². The molecule has 0 bridgehead atoms. The molecular weight excluding hydrogens is 280 g/mol. The van der Waals surface area contributed by atoms with Crippen molar-refractivity contribution in [3.8, 4) is 0 Å². The van der Waals surface area contributed by atoms with Crippen LogP contribution in [0.25, 0.3) is 0 Å². The molecule has 0 radical (unpaired) electrons. The molecule has 0 saturated heterocycles. The minimum atomic E-state index is 0.204. The molecule has 0 spiro atoms. The van der Waals surface area contributed by atoms with Gasteiger partial charge in [0.15, 0.2) is 0 Å². The zero-order valence-electron chi connectivity index (χ0n) is 13.6. The molecule has 0 aromatic heterocycles. The van der Waals surface area contributed by atoms with Crippen LogP contribution in [0.3, 0.4) is 0 Å². The van der Waals surface area contributed by atoms with Crippen molar-refractivity contribution < 1.29 is 0 Å². The predicted molar refractivity (Wildman–Crippen MR) is 99.7 cm³/mol. The highest BCUT2D eigenvalue weighted by Crippen LogP contribution is 2.33. The van der Waals surface area contributed by atoms with E-state index in [1.807, 2.05) is 12.2 Å². The average Bonchev–Trinajstić information content (AvgIpc) is 2.59. The fourth-order valence-corrected chi connectivity index (χ4v) is 3.26. The first-order valence-corrected chi connectivity index (χ1v) is 8.04. The quantitative estimate of drug-likeness (QED) is 0.759. The summed E-state index contributed by atoms with van der Waals surface area (Å²) in [5.41, 5.74) is 5.62. The zero-order valence-corrected chi connectivity index (χ0v) is 13.6. The average molecular weight is 302 g/mol. The van der Waals surface area contributed by atoms with E-state index in [0.29, 0.717) is 5.92 Å². The molecule has 0 saturated carbocycles. The molecular formula is C21H22N2. The number of nitrogens with zero attached hydrogens (tertiary/aromatic N) is 2. The van der Waals surface area contributed by atoms with E-state index in [2.05, 4.69) is 62.6 Å². The van der Waals surface area contributed by atoms with Crippen LogP contribution in [0.4, 0.5) is 0 Å². The highest BCUT2D eigenvalue weighted by molar-refractivity contribution is 6.10. The van der Waals surface area contributed by atoms with Crippen LogP contribution in [0.15, 0.2) is 83.4 Å². The lowest BCUT2D eigenvalue weighted by molar-refractivity contribution is 0.539. The Morgan fingerprint density at radius 1 is 1.13 bits per heavy atom. The van der Waals surface area contributed by atoms with Crippen molar-refractivity contribution in [2.24, 2.45) is 9.98 Å². The molecule has 1 aromatic rings. The van der Waals surface area contributed by atoms with Crippen LogP contribution in [0, 0.1) is 0 Å². The van der Waals surface area contributed by atoms with Gasteiger partial charge in [0.1, 0.15) is 0 Å². The van der Waals surface area contributed by atoms with Crippen molar-refractivity contribution in [1.82, 2.24) is 0 Å². The third-order valence-electron chi connectivity index (χ3n) is 4.51. The minimum absolute atomic E-state index is 0.204. The maximum atomic E-state index is 4.94. The molecule has 2 aliphatic rings. The number of rotatable bonds is 2. The van der Waals surface area contributed by atoms with Gasteiger partial charge in [0.2, 0.25) is 0 Å². The first-order chi connectivity index (χ1) is 11.2. The van der Waals surface area contributed by atoms with Crippen molar-refractivity contribution in [3.63, 3.8) is 0 Å². The van der Waals surface area contributed by atoms with E-state index in [1.165, 1.54) is 11.1 Å². The molecule has 1 aromatic carbocycles. The second-order valence-electron chi connectivity index (χ2n) is 5.92. The topological polar surface area (TPSA) is 24.7 Å². The van der Waals surface area contributed by atoms with Gasteiger partial charge >= 0.3 is 0 Å². The Morgan fingerprint density at radius 2 is 1.91 bits per heavy atom. The van der Waals surface area contributed by atoms with Gasteiger partial charge in [-0.15, -0.1) is 0 Å². The molecule has 0 aliphatic carbocycles. The van der Waals surface area contributed by atoms with E-state index in [-0.39, 0.29) is 6.04 Å². The normalized spacial score (nSPS) is 29.5. The first-order valence-electron chi connectivity index (χ1n) is 8.04. The van der Waals surface area contributed by atoms with Gasteiger partial charge in [0.25, 0.3) is 0 Å². The number of allylic oxidation sites excluding steroid dienone is 5.